The molecule has 0 bridgehead atoms. The fourth-order valence-corrected chi connectivity index (χ4v) is 1.71. The van der Waals surface area contributed by atoms with Crippen molar-refractivity contribution in [3.63, 3.8) is 0 Å². The van der Waals surface area contributed by atoms with E-state index in [-0.39, 0.29) is 0 Å². The van der Waals surface area contributed by atoms with Crippen molar-refractivity contribution in [1.82, 2.24) is 4.98 Å². The van der Waals surface area contributed by atoms with E-state index in [2.05, 4.69) is 17.1 Å². The maximum absolute atomic E-state index is 6.02. The number of pyridine rings is 1. The Bertz CT molecular complexity index is 525. The van der Waals surface area contributed by atoms with Gasteiger partial charge in [-0.2, -0.15) is 0 Å². The Hall–Kier alpha value is -1.54. The van der Waals surface area contributed by atoms with Crippen LogP contribution in [0.3, 0.4) is 0 Å². The number of rotatable bonds is 3. The lowest BCUT2D eigenvalue weighted by molar-refractivity contribution is 0.304. The number of hydrogen-bond acceptors (Lipinski definition) is 2. The predicted molar refractivity (Wildman–Crippen MR) is 69.5 cm³/mol. The molecule has 0 N–H and O–H groups in total. The summed E-state index contributed by atoms with van der Waals surface area (Å²) in [5, 5.41) is 0.637. The van der Waals surface area contributed by atoms with Gasteiger partial charge in [0.2, 0.25) is 0 Å². The molecule has 0 aliphatic rings. The minimum Gasteiger partial charge on any atom is -0.489 e. The van der Waals surface area contributed by atoms with E-state index < -0.39 is 0 Å². The van der Waals surface area contributed by atoms with Crippen LogP contribution < -0.4 is 4.74 Å². The minimum absolute atomic E-state index is 0.464. The summed E-state index contributed by atoms with van der Waals surface area (Å²) < 4.78 is 5.77. The predicted octanol–water partition coefficient (Wildman–Crippen LogP) is 3.93. The molecule has 2 nitrogen and oxygen atoms in total. The average Bonchev–Trinajstić information content (AvgIpc) is 2.32. The van der Waals surface area contributed by atoms with Crippen LogP contribution in [0.15, 0.2) is 36.7 Å². The summed E-state index contributed by atoms with van der Waals surface area (Å²) in [6.07, 6.45) is 3.34. The van der Waals surface area contributed by atoms with Crippen LogP contribution in [-0.2, 0) is 6.61 Å². The Morgan fingerprint density at radius 2 is 2.06 bits per heavy atom. The van der Waals surface area contributed by atoms with Crippen LogP contribution in [0.25, 0.3) is 0 Å². The first-order valence-electron chi connectivity index (χ1n) is 5.45. The molecule has 0 spiro atoms. The summed E-state index contributed by atoms with van der Waals surface area (Å²) in [6, 6.07) is 8.03. The highest BCUT2D eigenvalue weighted by molar-refractivity contribution is 6.31. The maximum atomic E-state index is 6.02. The second-order valence-corrected chi connectivity index (χ2v) is 4.43. The van der Waals surface area contributed by atoms with Gasteiger partial charge in [-0.3, -0.25) is 4.98 Å². The molecule has 0 saturated heterocycles. The van der Waals surface area contributed by atoms with Crippen LogP contribution in [-0.4, -0.2) is 4.98 Å². The van der Waals surface area contributed by atoms with Crippen molar-refractivity contribution < 1.29 is 4.74 Å². The van der Waals surface area contributed by atoms with Gasteiger partial charge in [0, 0.05) is 18.0 Å². The molecule has 0 amide bonds. The quantitative estimate of drug-likeness (QED) is 0.820. The molecule has 0 fully saturated rings. The molecular weight excluding hydrogens is 234 g/mol. The first kappa shape index (κ1) is 11.9. The third kappa shape index (κ3) is 2.98. The maximum Gasteiger partial charge on any atom is 0.122 e. The van der Waals surface area contributed by atoms with Crippen LogP contribution in [0.4, 0.5) is 0 Å². The van der Waals surface area contributed by atoms with Crippen LogP contribution >= 0.6 is 11.6 Å². The molecule has 0 aliphatic heterocycles. The van der Waals surface area contributed by atoms with Crippen molar-refractivity contribution in [2.75, 3.05) is 0 Å². The Kier molecular flexibility index (Phi) is 3.64. The third-order valence-electron chi connectivity index (χ3n) is 2.58. The number of benzene rings is 1. The molecule has 0 saturated carbocycles. The zero-order chi connectivity index (χ0) is 12.3. The second kappa shape index (κ2) is 5.19. The topological polar surface area (TPSA) is 22.1 Å². The molecule has 1 aromatic heterocycles. The number of hydrogen-bond donors (Lipinski definition) is 0. The summed E-state index contributed by atoms with van der Waals surface area (Å²) in [5.41, 5.74) is 3.26. The van der Waals surface area contributed by atoms with Crippen molar-refractivity contribution in [2.45, 2.75) is 20.5 Å². The smallest absolute Gasteiger partial charge is 0.122 e. The normalized spacial score (nSPS) is 10.3. The summed E-state index contributed by atoms with van der Waals surface area (Å²) in [6.45, 7) is 4.54. The molecule has 2 aromatic rings. The Balaban J connectivity index is 2.12. The van der Waals surface area contributed by atoms with Gasteiger partial charge in [-0.15, -0.1) is 0 Å². The van der Waals surface area contributed by atoms with Crippen LogP contribution in [0.1, 0.15) is 16.7 Å². The van der Waals surface area contributed by atoms with E-state index in [0.29, 0.717) is 11.6 Å². The highest BCUT2D eigenvalue weighted by Crippen LogP contribution is 2.22. The molecular formula is C14H14ClNO. The number of nitrogens with zero attached hydrogens (tertiary/aromatic N) is 1. The van der Waals surface area contributed by atoms with Gasteiger partial charge < -0.3 is 4.74 Å². The van der Waals surface area contributed by atoms with Crippen molar-refractivity contribution in [1.29, 1.82) is 0 Å². The molecule has 1 heterocycles. The van der Waals surface area contributed by atoms with E-state index in [0.717, 1.165) is 16.9 Å². The average molecular weight is 248 g/mol. The second-order valence-electron chi connectivity index (χ2n) is 4.02. The highest BCUT2D eigenvalue weighted by atomic mass is 35.5. The summed E-state index contributed by atoms with van der Waals surface area (Å²) >= 11 is 6.02. The van der Waals surface area contributed by atoms with E-state index in [1.807, 2.05) is 26.0 Å². The van der Waals surface area contributed by atoms with Gasteiger partial charge in [-0.05, 0) is 37.1 Å². The molecule has 88 valence electrons. The Morgan fingerprint density at radius 1 is 1.24 bits per heavy atom. The summed E-state index contributed by atoms with van der Waals surface area (Å²) in [7, 11) is 0. The third-order valence-corrected chi connectivity index (χ3v) is 2.92. The molecule has 2 rings (SSSR count). The number of aromatic nitrogens is 1. The lowest BCUT2D eigenvalue weighted by Crippen LogP contribution is -1.98. The molecule has 1 aromatic carbocycles. The Morgan fingerprint density at radius 3 is 2.82 bits per heavy atom. The zero-order valence-corrected chi connectivity index (χ0v) is 10.7. The van der Waals surface area contributed by atoms with Gasteiger partial charge in [-0.1, -0.05) is 23.7 Å². The first-order valence-corrected chi connectivity index (χ1v) is 5.83. The Labute approximate surface area is 106 Å². The van der Waals surface area contributed by atoms with Gasteiger partial charge in [0.25, 0.3) is 0 Å². The monoisotopic (exact) mass is 247 g/mol. The van der Waals surface area contributed by atoms with E-state index in [1.54, 1.807) is 12.4 Å². The van der Waals surface area contributed by atoms with Crippen molar-refractivity contribution in [3.05, 3.63) is 58.4 Å². The fraction of sp³-hybridized carbons (Fsp3) is 0.214. The summed E-state index contributed by atoms with van der Waals surface area (Å²) in [4.78, 5) is 3.94. The molecule has 3 heteroatoms. The van der Waals surface area contributed by atoms with Crippen molar-refractivity contribution in [3.8, 4) is 5.75 Å². The number of aryl methyl sites for hydroxylation is 2. The standard InChI is InChI=1S/C14H14ClNO/c1-10-3-4-11(2)14(7-10)17-9-12-5-6-16-8-13(12)15/h3-8H,9H2,1-2H3. The minimum atomic E-state index is 0.464. The van der Waals surface area contributed by atoms with E-state index in [4.69, 9.17) is 16.3 Å². The van der Waals surface area contributed by atoms with E-state index >= 15 is 0 Å². The number of ether oxygens (including phenoxy) is 1. The SMILES string of the molecule is Cc1ccc(C)c(OCc2ccncc2Cl)c1. The molecule has 0 aliphatic carbocycles. The van der Waals surface area contributed by atoms with E-state index in [1.165, 1.54) is 5.56 Å². The van der Waals surface area contributed by atoms with Crippen molar-refractivity contribution >= 4 is 11.6 Å². The lowest BCUT2D eigenvalue weighted by atomic mass is 10.1. The lowest BCUT2D eigenvalue weighted by Gasteiger charge is -2.10. The van der Waals surface area contributed by atoms with E-state index in [9.17, 15) is 0 Å². The fourth-order valence-electron chi connectivity index (χ4n) is 1.54. The van der Waals surface area contributed by atoms with Gasteiger partial charge in [0.1, 0.15) is 12.4 Å². The van der Waals surface area contributed by atoms with Crippen LogP contribution in [0.5, 0.6) is 5.75 Å². The van der Waals surface area contributed by atoms with Gasteiger partial charge in [-0.25, -0.2) is 0 Å². The largest absolute Gasteiger partial charge is 0.489 e. The zero-order valence-electron chi connectivity index (χ0n) is 9.90. The highest BCUT2D eigenvalue weighted by Gasteiger charge is 2.03. The summed E-state index contributed by atoms with van der Waals surface area (Å²) in [5.74, 6) is 0.901. The first-order chi connectivity index (χ1) is 8.16. The molecule has 0 radical (unpaired) electrons. The van der Waals surface area contributed by atoms with Crippen LogP contribution in [0, 0.1) is 13.8 Å². The van der Waals surface area contributed by atoms with Gasteiger partial charge >= 0.3 is 0 Å². The van der Waals surface area contributed by atoms with Gasteiger partial charge in [0.05, 0.1) is 5.02 Å². The van der Waals surface area contributed by atoms with Crippen LogP contribution in [0.2, 0.25) is 5.02 Å². The van der Waals surface area contributed by atoms with Gasteiger partial charge in [0.15, 0.2) is 0 Å². The number of halogens is 1. The molecule has 0 atom stereocenters. The molecule has 0 unspecified atom stereocenters. The molecule has 17 heavy (non-hydrogen) atoms. The van der Waals surface area contributed by atoms with Crippen molar-refractivity contribution in [2.24, 2.45) is 0 Å².